The predicted molar refractivity (Wildman–Crippen MR) is 271 cm³/mol. The molecule has 0 saturated heterocycles. The normalized spacial score (nSPS) is 11.9. The molecule has 5 heterocycles. The van der Waals surface area contributed by atoms with E-state index in [1.165, 1.54) is 53.4 Å². The molecule has 9 rings (SSSR count). The first-order valence-corrected chi connectivity index (χ1v) is 23.6. The van der Waals surface area contributed by atoms with Crippen LogP contribution in [-0.2, 0) is 32.7 Å². The lowest BCUT2D eigenvalue weighted by molar-refractivity contribution is 0.0649. The zero-order valence-corrected chi connectivity index (χ0v) is 39.5. The van der Waals surface area contributed by atoms with Crippen LogP contribution < -0.4 is 20.3 Å². The van der Waals surface area contributed by atoms with Crippen molar-refractivity contribution in [3.8, 4) is 5.75 Å². The van der Waals surface area contributed by atoms with E-state index in [0.29, 0.717) is 109 Å². The molecule has 4 amide bonds. The molecule has 73 heavy (non-hydrogen) atoms. The molecule has 1 aliphatic heterocycles. The van der Waals surface area contributed by atoms with Gasteiger partial charge < -0.3 is 20.3 Å². The Labute approximate surface area is 420 Å². The monoisotopic (exact) mass is 977 g/mol. The average Bonchev–Trinajstić information content (AvgIpc) is 3.64. The summed E-state index contributed by atoms with van der Waals surface area (Å²) in [5.74, 6) is -0.342. The number of imide groups is 1. The van der Waals surface area contributed by atoms with E-state index < -0.39 is 23.4 Å². The van der Waals surface area contributed by atoms with Crippen LogP contribution in [0.15, 0.2) is 176 Å². The van der Waals surface area contributed by atoms with E-state index in [1.807, 2.05) is 66.7 Å². The molecule has 0 bridgehead atoms. The number of halogens is 2. The van der Waals surface area contributed by atoms with Crippen molar-refractivity contribution in [1.29, 1.82) is 0 Å². The summed E-state index contributed by atoms with van der Waals surface area (Å²) in [5.41, 5.74) is 5.40. The van der Waals surface area contributed by atoms with E-state index >= 15 is 0 Å². The highest BCUT2D eigenvalue weighted by atomic mass is 19.1. The van der Waals surface area contributed by atoms with Gasteiger partial charge in [-0.1, -0.05) is 42.5 Å². The molecule has 1 aliphatic rings. The molecule has 14 nitrogen and oxygen atoms in total. The van der Waals surface area contributed by atoms with Gasteiger partial charge in [-0.3, -0.25) is 34.0 Å². The Hall–Kier alpha value is -9.02. The lowest BCUT2D eigenvalue weighted by atomic mass is 10.1. The number of carbonyl (C=O) groups is 4. The van der Waals surface area contributed by atoms with E-state index in [1.54, 1.807) is 54.9 Å². The molecule has 0 unspecified atom stereocenters. The number of rotatable bonds is 21. The van der Waals surface area contributed by atoms with Gasteiger partial charge in [-0.2, -0.15) is 0 Å². The van der Waals surface area contributed by atoms with Gasteiger partial charge in [0, 0.05) is 56.2 Å². The van der Waals surface area contributed by atoms with Crippen LogP contribution in [0.25, 0.3) is 0 Å². The van der Waals surface area contributed by atoms with Gasteiger partial charge >= 0.3 is 0 Å². The van der Waals surface area contributed by atoms with Crippen molar-refractivity contribution < 1.29 is 32.7 Å². The second-order valence-electron chi connectivity index (χ2n) is 17.3. The van der Waals surface area contributed by atoms with Gasteiger partial charge in [0.25, 0.3) is 23.6 Å². The average molecular weight is 978 g/mol. The number of benzene rings is 4. The molecule has 2 N–H and O–H groups in total. The van der Waals surface area contributed by atoms with Gasteiger partial charge in [0.1, 0.15) is 34.8 Å². The largest absolute Gasteiger partial charge is 0.494 e. The lowest BCUT2D eigenvalue weighted by Gasteiger charge is -2.26. The number of nitrogens with zero attached hydrogens (tertiary/aromatic N) is 7. The Morgan fingerprint density at radius 3 is 1.64 bits per heavy atom. The first-order valence-electron chi connectivity index (χ1n) is 23.6. The molecule has 4 aromatic heterocycles. The van der Waals surface area contributed by atoms with E-state index in [4.69, 9.17) is 19.7 Å². The number of pyridine rings is 4. The van der Waals surface area contributed by atoms with Crippen molar-refractivity contribution in [2.45, 2.75) is 45.6 Å². The number of carbonyl (C=O) groups excluding carboxylic acids is 4. The van der Waals surface area contributed by atoms with E-state index in [2.05, 4.69) is 31.5 Å². The molecular formula is C57H49F2N9O5. The summed E-state index contributed by atoms with van der Waals surface area (Å²) in [5, 5.41) is 5.65. The molecule has 366 valence electrons. The van der Waals surface area contributed by atoms with Crippen molar-refractivity contribution in [3.63, 3.8) is 0 Å². The molecular weight excluding hydrogens is 929 g/mol. The summed E-state index contributed by atoms with van der Waals surface area (Å²) in [7, 11) is 0. The lowest BCUT2D eigenvalue weighted by Crippen LogP contribution is -2.30. The van der Waals surface area contributed by atoms with Crippen LogP contribution in [0.3, 0.4) is 0 Å². The van der Waals surface area contributed by atoms with Crippen molar-refractivity contribution in [2.75, 3.05) is 28.7 Å². The van der Waals surface area contributed by atoms with Crippen LogP contribution in [0.1, 0.15) is 82.5 Å². The molecule has 0 saturated carbocycles. The Kier molecular flexibility index (Phi) is 15.6. The van der Waals surface area contributed by atoms with Gasteiger partial charge in [-0.05, 0) is 145 Å². The third-order valence-corrected chi connectivity index (χ3v) is 11.9. The number of unbranched alkanes of at least 4 members (excludes halogenated alkanes) is 1. The van der Waals surface area contributed by atoms with Crippen molar-refractivity contribution in [2.24, 2.45) is 0 Å². The molecule has 16 heteroatoms. The van der Waals surface area contributed by atoms with Crippen molar-refractivity contribution in [3.05, 3.63) is 238 Å². The molecule has 0 radical (unpaired) electrons. The standard InChI is InChI=1S/C57H49F2N9O5/c58-43-23-19-41(20-24-43)54(69)64-51-16-9-12-46(62-51)37-66(36-45-11-3-5-27-60-45)34-39-31-40(33-48(32-39)73-30-8-7-29-68-56(71)49-14-1-2-15-50(49)57(68)72)35-67(53-18-4-6-28-61-53)38-47-13-10-17-52(63-47)65-55(70)42-21-25-44(59)26-22-42/h1-6,9-28,31-33H,7-8,29-30,34-38H2,(H,62,64,69)(H,63,65,70). The number of hydrogen-bond acceptors (Lipinski definition) is 11. The second-order valence-corrected chi connectivity index (χ2v) is 17.3. The van der Waals surface area contributed by atoms with Gasteiger partial charge in [-0.25, -0.2) is 23.7 Å². The summed E-state index contributed by atoms with van der Waals surface area (Å²) >= 11 is 0. The van der Waals surface area contributed by atoms with Crippen LogP contribution in [0.2, 0.25) is 0 Å². The number of nitrogens with one attached hydrogen (secondary N) is 2. The smallest absolute Gasteiger partial charge is 0.261 e. The molecule has 0 fully saturated rings. The first-order chi connectivity index (χ1) is 35.6. The van der Waals surface area contributed by atoms with E-state index in [9.17, 15) is 28.0 Å². The highest BCUT2D eigenvalue weighted by Crippen LogP contribution is 2.27. The topological polar surface area (TPSA) is 163 Å². The maximum atomic E-state index is 13.6. The SMILES string of the molecule is O=C(Nc1cccc(CN(Cc2cc(CN(Cc3cccc(NC(=O)c4ccc(F)cc4)n3)c3ccccn3)cc(OCCCCN3C(=O)c4ccccc4C3=O)c2)Cc2ccccn2)n1)c1ccc(F)cc1. The highest BCUT2D eigenvalue weighted by molar-refractivity contribution is 6.21. The molecule has 0 atom stereocenters. The number of fused-ring (bicyclic) bond motifs is 1. The first kappa shape index (κ1) is 49.0. The van der Waals surface area contributed by atoms with Gasteiger partial charge in [0.2, 0.25) is 0 Å². The summed E-state index contributed by atoms with van der Waals surface area (Å²) < 4.78 is 33.7. The minimum atomic E-state index is -0.442. The molecule has 0 spiro atoms. The maximum Gasteiger partial charge on any atom is 0.261 e. The third kappa shape index (κ3) is 13.0. The van der Waals surface area contributed by atoms with Crippen molar-refractivity contribution >= 4 is 41.1 Å². The Morgan fingerprint density at radius 1 is 0.534 bits per heavy atom. The van der Waals surface area contributed by atoms with Crippen LogP contribution in [0, 0.1) is 11.6 Å². The summed E-state index contributed by atoms with van der Waals surface area (Å²) in [6.45, 7) is 2.50. The fourth-order valence-electron chi connectivity index (χ4n) is 8.40. The van der Waals surface area contributed by atoms with E-state index in [0.717, 1.165) is 16.8 Å². The van der Waals surface area contributed by atoms with Gasteiger partial charge in [0.05, 0.1) is 41.4 Å². The van der Waals surface area contributed by atoms with Crippen LogP contribution in [0.5, 0.6) is 5.75 Å². The van der Waals surface area contributed by atoms with E-state index in [-0.39, 0.29) is 18.4 Å². The second kappa shape index (κ2) is 23.3. The zero-order chi connectivity index (χ0) is 50.5. The summed E-state index contributed by atoms with van der Waals surface area (Å²) in [6, 6.07) is 45.7. The number of amides is 4. The summed E-state index contributed by atoms with van der Waals surface area (Å²) in [4.78, 5) is 76.6. The number of hydrogen-bond donors (Lipinski definition) is 2. The fraction of sp³-hybridized carbons (Fsp3) is 0.158. The molecule has 8 aromatic rings. The fourth-order valence-corrected chi connectivity index (χ4v) is 8.40. The quantitative estimate of drug-likeness (QED) is 0.0521. The maximum absolute atomic E-state index is 13.6. The Balaban J connectivity index is 0.968. The highest BCUT2D eigenvalue weighted by Gasteiger charge is 2.34. The summed E-state index contributed by atoms with van der Waals surface area (Å²) in [6.07, 6.45) is 4.57. The van der Waals surface area contributed by atoms with Gasteiger partial charge in [0.15, 0.2) is 0 Å². The Bertz CT molecular complexity index is 3190. The van der Waals surface area contributed by atoms with Crippen LogP contribution in [-0.4, -0.2) is 66.5 Å². The van der Waals surface area contributed by atoms with Crippen molar-refractivity contribution in [1.82, 2.24) is 29.7 Å². The number of anilines is 3. The third-order valence-electron chi connectivity index (χ3n) is 11.9. The van der Waals surface area contributed by atoms with Gasteiger partial charge in [-0.15, -0.1) is 0 Å². The molecule has 0 aliphatic carbocycles. The number of ether oxygens (including phenoxy) is 1. The zero-order valence-electron chi connectivity index (χ0n) is 39.5. The molecule has 4 aromatic carbocycles. The number of aromatic nitrogens is 4. The predicted octanol–water partition coefficient (Wildman–Crippen LogP) is 9.91. The minimum absolute atomic E-state index is 0.263. The van der Waals surface area contributed by atoms with Crippen LogP contribution >= 0.6 is 0 Å². The minimum Gasteiger partial charge on any atom is -0.494 e. The van der Waals surface area contributed by atoms with Crippen LogP contribution in [0.4, 0.5) is 26.2 Å². The Morgan fingerprint density at radius 2 is 1.07 bits per heavy atom.